The predicted octanol–water partition coefficient (Wildman–Crippen LogP) is 5.04. The topological polar surface area (TPSA) is 73.8 Å². The molecule has 3 aromatic rings. The molecule has 0 spiro atoms. The van der Waals surface area contributed by atoms with Crippen LogP contribution in [0.4, 0.5) is 5.69 Å². The normalized spacial score (nSPS) is 20.2. The van der Waals surface area contributed by atoms with Gasteiger partial charge in [-0.3, -0.25) is 24.3 Å². The van der Waals surface area contributed by atoms with E-state index < -0.39 is 0 Å². The van der Waals surface area contributed by atoms with Crippen molar-refractivity contribution in [1.29, 1.82) is 0 Å². The lowest BCUT2D eigenvalue weighted by atomic mass is 9.91. The smallest absolute Gasteiger partial charge is 0.263 e. The lowest BCUT2D eigenvalue weighted by molar-refractivity contribution is -0.137. The monoisotopic (exact) mass is 510 g/mol. The highest BCUT2D eigenvalue weighted by Gasteiger charge is 2.40. The molecule has 196 valence electrons. The van der Waals surface area contributed by atoms with Crippen LogP contribution in [0.1, 0.15) is 71.2 Å². The molecule has 6 rings (SSSR count). The fourth-order valence-corrected chi connectivity index (χ4v) is 6.44. The number of hydrogen-bond acceptors (Lipinski definition) is 5. The zero-order chi connectivity index (χ0) is 26.2. The predicted molar refractivity (Wildman–Crippen MR) is 147 cm³/mol. The quantitative estimate of drug-likeness (QED) is 0.450. The molecule has 1 atom stereocenters. The number of carbonyl (C=O) groups is 3. The number of benzene rings is 2. The summed E-state index contributed by atoms with van der Waals surface area (Å²) in [6.45, 7) is 1.52. The van der Waals surface area contributed by atoms with E-state index in [0.29, 0.717) is 23.7 Å². The van der Waals surface area contributed by atoms with Crippen LogP contribution in [-0.4, -0.2) is 58.7 Å². The molecule has 7 nitrogen and oxygen atoms in total. The maximum Gasteiger partial charge on any atom is 0.263 e. The summed E-state index contributed by atoms with van der Waals surface area (Å²) in [6, 6.07) is 15.6. The number of pyridine rings is 1. The van der Waals surface area contributed by atoms with Crippen LogP contribution in [-0.2, 0) is 11.3 Å². The van der Waals surface area contributed by atoms with Crippen LogP contribution in [0.2, 0.25) is 0 Å². The number of aromatic nitrogens is 1. The number of anilines is 1. The standard InChI is InChI=1S/C31H34N4O3/c1-33(24-11-3-2-4-12-24)29(36)23-10-8-16-34(20-23)27-15-7-13-25-28(27)31(38)35(30(25)37)19-21-17-22-9-5-6-14-26(22)32-18-21/h5-7,9,13-15,17-18,23-24H,2-4,8,10-12,16,19-20H2,1H3. The summed E-state index contributed by atoms with van der Waals surface area (Å²) >= 11 is 0. The number of rotatable bonds is 5. The first-order valence-corrected chi connectivity index (χ1v) is 13.9. The molecule has 1 aromatic heterocycles. The Labute approximate surface area is 223 Å². The molecule has 0 N–H and O–H groups in total. The van der Waals surface area contributed by atoms with E-state index in [9.17, 15) is 14.4 Å². The summed E-state index contributed by atoms with van der Waals surface area (Å²) in [7, 11) is 1.96. The Hall–Kier alpha value is -3.74. The molecule has 0 bridgehead atoms. The van der Waals surface area contributed by atoms with Crippen LogP contribution in [0.5, 0.6) is 0 Å². The van der Waals surface area contributed by atoms with E-state index in [2.05, 4.69) is 9.88 Å². The molecule has 2 fully saturated rings. The number of fused-ring (bicyclic) bond motifs is 2. The van der Waals surface area contributed by atoms with Crippen molar-refractivity contribution in [1.82, 2.24) is 14.8 Å². The highest BCUT2D eigenvalue weighted by atomic mass is 16.2. The minimum atomic E-state index is -0.276. The Morgan fingerprint density at radius 3 is 2.63 bits per heavy atom. The van der Waals surface area contributed by atoms with Crippen molar-refractivity contribution in [3.05, 3.63) is 71.4 Å². The highest BCUT2D eigenvalue weighted by Crippen LogP contribution is 2.35. The fourth-order valence-electron chi connectivity index (χ4n) is 6.44. The third-order valence-corrected chi connectivity index (χ3v) is 8.55. The molecular weight excluding hydrogens is 476 g/mol. The largest absolute Gasteiger partial charge is 0.370 e. The van der Waals surface area contributed by atoms with Gasteiger partial charge in [0.1, 0.15) is 0 Å². The number of carbonyl (C=O) groups excluding carboxylic acids is 3. The van der Waals surface area contributed by atoms with E-state index in [4.69, 9.17) is 0 Å². The van der Waals surface area contributed by atoms with Gasteiger partial charge in [0.2, 0.25) is 5.91 Å². The summed E-state index contributed by atoms with van der Waals surface area (Å²) in [5, 5.41) is 0.976. The molecular formula is C31H34N4O3. The Morgan fingerprint density at radius 2 is 1.79 bits per heavy atom. The number of amides is 3. The first-order valence-electron chi connectivity index (χ1n) is 13.9. The van der Waals surface area contributed by atoms with E-state index in [-0.39, 0.29) is 30.2 Å². The fraction of sp³-hybridized carbons (Fsp3) is 0.419. The summed E-state index contributed by atoms with van der Waals surface area (Å²) in [5.41, 5.74) is 3.35. The first kappa shape index (κ1) is 24.6. The number of imide groups is 1. The van der Waals surface area contributed by atoms with Crippen LogP contribution in [0, 0.1) is 5.92 Å². The third kappa shape index (κ3) is 4.44. The first-order chi connectivity index (χ1) is 18.5. The van der Waals surface area contributed by atoms with Crippen molar-refractivity contribution in [2.75, 3.05) is 25.0 Å². The van der Waals surface area contributed by atoms with E-state index in [1.807, 2.05) is 54.4 Å². The summed E-state index contributed by atoms with van der Waals surface area (Å²) < 4.78 is 0. The molecule has 2 aromatic carbocycles. The van der Waals surface area contributed by atoms with Gasteiger partial charge >= 0.3 is 0 Å². The van der Waals surface area contributed by atoms with Crippen LogP contribution < -0.4 is 4.90 Å². The van der Waals surface area contributed by atoms with Crippen molar-refractivity contribution < 1.29 is 14.4 Å². The number of nitrogens with zero attached hydrogens (tertiary/aromatic N) is 4. The average molecular weight is 511 g/mol. The Balaban J connectivity index is 1.22. The molecule has 1 saturated carbocycles. The summed E-state index contributed by atoms with van der Waals surface area (Å²) in [6.07, 6.45) is 9.29. The molecule has 7 heteroatoms. The van der Waals surface area contributed by atoms with Gasteiger partial charge in [-0.2, -0.15) is 0 Å². The summed E-state index contributed by atoms with van der Waals surface area (Å²) in [5.74, 6) is -0.441. The van der Waals surface area contributed by atoms with Crippen molar-refractivity contribution in [2.24, 2.45) is 5.92 Å². The summed E-state index contributed by atoms with van der Waals surface area (Å²) in [4.78, 5) is 50.4. The van der Waals surface area contributed by atoms with Gasteiger partial charge in [-0.1, -0.05) is 43.5 Å². The van der Waals surface area contributed by atoms with Crippen LogP contribution in [0.25, 0.3) is 10.9 Å². The Bertz CT molecular complexity index is 1400. The van der Waals surface area contributed by atoms with Gasteiger partial charge < -0.3 is 9.80 Å². The second-order valence-electron chi connectivity index (χ2n) is 11.0. The maximum absolute atomic E-state index is 13.7. The van der Waals surface area contributed by atoms with Crippen LogP contribution in [0.15, 0.2) is 54.7 Å². The average Bonchev–Trinajstić information content (AvgIpc) is 3.21. The van der Waals surface area contributed by atoms with E-state index >= 15 is 0 Å². The Morgan fingerprint density at radius 1 is 0.974 bits per heavy atom. The van der Waals surface area contributed by atoms with Crippen molar-refractivity contribution >= 4 is 34.3 Å². The van der Waals surface area contributed by atoms with E-state index in [0.717, 1.165) is 54.4 Å². The third-order valence-electron chi connectivity index (χ3n) is 8.55. The molecule has 0 radical (unpaired) electrons. The minimum absolute atomic E-state index is 0.0986. The molecule has 3 aliphatic rings. The zero-order valence-electron chi connectivity index (χ0n) is 21.9. The second kappa shape index (κ2) is 10.2. The minimum Gasteiger partial charge on any atom is -0.370 e. The van der Waals surface area contributed by atoms with Crippen molar-refractivity contribution in [2.45, 2.75) is 57.5 Å². The molecule has 2 aliphatic heterocycles. The molecule has 3 heterocycles. The van der Waals surface area contributed by atoms with Gasteiger partial charge in [-0.05, 0) is 55.5 Å². The van der Waals surface area contributed by atoms with Gasteiger partial charge in [-0.15, -0.1) is 0 Å². The van der Waals surface area contributed by atoms with Gasteiger partial charge in [0, 0.05) is 37.8 Å². The molecule has 1 unspecified atom stereocenters. The SMILES string of the molecule is CN(C(=O)C1CCCN(c2cccc3c2C(=O)N(Cc2cnc4ccccc4c2)C3=O)C1)C1CCCCC1. The van der Waals surface area contributed by atoms with E-state index in [1.54, 1.807) is 12.3 Å². The zero-order valence-corrected chi connectivity index (χ0v) is 21.9. The molecule has 1 aliphatic carbocycles. The van der Waals surface area contributed by atoms with Crippen molar-refractivity contribution in [3.63, 3.8) is 0 Å². The molecule has 1 saturated heterocycles. The van der Waals surface area contributed by atoms with E-state index in [1.165, 1.54) is 24.2 Å². The molecule has 38 heavy (non-hydrogen) atoms. The van der Waals surface area contributed by atoms with Gasteiger partial charge in [0.25, 0.3) is 11.8 Å². The Kier molecular flexibility index (Phi) is 6.60. The van der Waals surface area contributed by atoms with Gasteiger partial charge in [0.15, 0.2) is 0 Å². The van der Waals surface area contributed by atoms with Crippen LogP contribution >= 0.6 is 0 Å². The molecule has 3 amide bonds. The highest BCUT2D eigenvalue weighted by molar-refractivity contribution is 6.23. The van der Waals surface area contributed by atoms with Gasteiger partial charge in [-0.25, -0.2) is 0 Å². The second-order valence-corrected chi connectivity index (χ2v) is 11.0. The maximum atomic E-state index is 13.7. The number of para-hydroxylation sites is 1. The van der Waals surface area contributed by atoms with Crippen LogP contribution in [0.3, 0.4) is 0 Å². The lowest BCUT2D eigenvalue weighted by Gasteiger charge is -2.38. The number of piperidine rings is 1. The number of hydrogen-bond donors (Lipinski definition) is 0. The van der Waals surface area contributed by atoms with Crippen molar-refractivity contribution in [3.8, 4) is 0 Å². The lowest BCUT2D eigenvalue weighted by Crippen LogP contribution is -2.47. The van der Waals surface area contributed by atoms with Gasteiger partial charge in [0.05, 0.1) is 34.8 Å².